The normalized spacial score (nSPS) is 12.3. The average molecular weight is 229 g/mol. The van der Waals surface area contributed by atoms with Gasteiger partial charge in [-0.15, -0.1) is 0 Å². The van der Waals surface area contributed by atoms with Crippen molar-refractivity contribution in [3.8, 4) is 0 Å². The van der Waals surface area contributed by atoms with Crippen LogP contribution in [0.15, 0.2) is 6.07 Å². The van der Waals surface area contributed by atoms with Gasteiger partial charge in [0, 0.05) is 5.69 Å². The molecule has 0 atom stereocenters. The van der Waals surface area contributed by atoms with E-state index in [1.807, 2.05) is 0 Å². The SMILES string of the molecule is Cc1cc(C(F)(F)F)c(F)c(C(F)F)n1. The highest BCUT2D eigenvalue weighted by atomic mass is 19.4. The van der Waals surface area contributed by atoms with Crippen LogP contribution in [0.5, 0.6) is 0 Å². The largest absolute Gasteiger partial charge is 0.419 e. The van der Waals surface area contributed by atoms with Crippen LogP contribution in [0.4, 0.5) is 26.3 Å². The Labute approximate surface area is 80.7 Å². The first-order valence-electron chi connectivity index (χ1n) is 3.76. The lowest BCUT2D eigenvalue weighted by Gasteiger charge is -2.11. The van der Waals surface area contributed by atoms with E-state index in [1.54, 1.807) is 0 Å². The lowest BCUT2D eigenvalue weighted by atomic mass is 10.1. The molecule has 1 rings (SSSR count). The molecule has 1 aromatic heterocycles. The zero-order valence-electron chi connectivity index (χ0n) is 7.37. The molecular formula is C8H5F6N. The minimum atomic E-state index is -5.00. The average Bonchev–Trinajstić information content (AvgIpc) is 2.06. The molecule has 84 valence electrons. The second-order valence-corrected chi connectivity index (χ2v) is 2.81. The van der Waals surface area contributed by atoms with E-state index in [0.717, 1.165) is 6.92 Å². The zero-order chi connectivity index (χ0) is 11.8. The molecule has 0 N–H and O–H groups in total. The summed E-state index contributed by atoms with van der Waals surface area (Å²) >= 11 is 0. The monoisotopic (exact) mass is 229 g/mol. The Morgan fingerprint density at radius 1 is 1.27 bits per heavy atom. The first-order chi connectivity index (χ1) is 6.73. The summed E-state index contributed by atoms with van der Waals surface area (Å²) < 4.78 is 73.6. The van der Waals surface area contributed by atoms with Crippen LogP contribution < -0.4 is 0 Å². The second kappa shape index (κ2) is 3.71. The summed E-state index contributed by atoms with van der Waals surface area (Å²) in [6, 6.07) is 0.390. The van der Waals surface area contributed by atoms with Crippen molar-refractivity contribution in [1.82, 2.24) is 4.98 Å². The Balaban J connectivity index is 3.42. The molecular weight excluding hydrogens is 224 g/mol. The molecule has 1 nitrogen and oxygen atoms in total. The number of aromatic nitrogens is 1. The second-order valence-electron chi connectivity index (χ2n) is 2.81. The van der Waals surface area contributed by atoms with Crippen LogP contribution in [-0.2, 0) is 6.18 Å². The van der Waals surface area contributed by atoms with Crippen molar-refractivity contribution >= 4 is 0 Å². The van der Waals surface area contributed by atoms with Crippen LogP contribution in [0, 0.1) is 12.7 Å². The van der Waals surface area contributed by atoms with E-state index in [0.29, 0.717) is 6.07 Å². The van der Waals surface area contributed by atoms with E-state index in [2.05, 4.69) is 4.98 Å². The molecule has 0 unspecified atom stereocenters. The van der Waals surface area contributed by atoms with Crippen LogP contribution >= 0.6 is 0 Å². The number of halogens is 6. The van der Waals surface area contributed by atoms with Crippen molar-refractivity contribution in [2.75, 3.05) is 0 Å². The fraction of sp³-hybridized carbons (Fsp3) is 0.375. The topological polar surface area (TPSA) is 12.9 Å². The van der Waals surface area contributed by atoms with Gasteiger partial charge in [0.1, 0.15) is 5.69 Å². The molecule has 0 aliphatic rings. The van der Waals surface area contributed by atoms with Gasteiger partial charge in [-0.25, -0.2) is 18.2 Å². The molecule has 0 bridgehead atoms. The van der Waals surface area contributed by atoms with Crippen molar-refractivity contribution in [2.24, 2.45) is 0 Å². The van der Waals surface area contributed by atoms with Gasteiger partial charge in [0.15, 0.2) is 5.82 Å². The number of hydrogen-bond acceptors (Lipinski definition) is 1. The van der Waals surface area contributed by atoms with Gasteiger partial charge in [-0.2, -0.15) is 13.2 Å². The highest BCUT2D eigenvalue weighted by Crippen LogP contribution is 2.34. The van der Waals surface area contributed by atoms with E-state index < -0.39 is 29.7 Å². The minimum absolute atomic E-state index is 0.306. The maximum atomic E-state index is 12.9. The van der Waals surface area contributed by atoms with E-state index in [-0.39, 0.29) is 5.69 Å². The number of hydrogen-bond donors (Lipinski definition) is 0. The molecule has 0 spiro atoms. The van der Waals surface area contributed by atoms with Gasteiger partial charge in [0.2, 0.25) is 0 Å². The standard InChI is InChI=1S/C8H5F6N/c1-3-2-4(8(12,13)14)5(9)6(15-3)7(10)11/h2,7H,1H3. The number of pyridine rings is 1. The maximum absolute atomic E-state index is 12.9. The molecule has 1 aromatic rings. The molecule has 0 amide bonds. The van der Waals surface area contributed by atoms with E-state index >= 15 is 0 Å². The summed E-state index contributed by atoms with van der Waals surface area (Å²) in [7, 11) is 0. The third-order valence-corrected chi connectivity index (χ3v) is 1.62. The molecule has 0 aromatic carbocycles. The number of nitrogens with zero attached hydrogens (tertiary/aromatic N) is 1. The van der Waals surface area contributed by atoms with E-state index in [9.17, 15) is 26.3 Å². The molecule has 7 heteroatoms. The van der Waals surface area contributed by atoms with Gasteiger partial charge in [-0.3, -0.25) is 0 Å². The molecule has 0 radical (unpaired) electrons. The Kier molecular flexibility index (Phi) is 2.92. The molecule has 0 saturated carbocycles. The number of aryl methyl sites for hydroxylation is 1. The lowest BCUT2D eigenvalue weighted by Crippen LogP contribution is -2.12. The summed E-state index contributed by atoms with van der Waals surface area (Å²) in [6.45, 7) is 1.08. The fourth-order valence-electron chi connectivity index (χ4n) is 1.03. The summed E-state index contributed by atoms with van der Waals surface area (Å²) in [5, 5.41) is 0. The van der Waals surface area contributed by atoms with Gasteiger partial charge in [-0.1, -0.05) is 0 Å². The molecule has 0 aliphatic heterocycles. The van der Waals surface area contributed by atoms with Crippen LogP contribution in [0.3, 0.4) is 0 Å². The zero-order valence-corrected chi connectivity index (χ0v) is 7.37. The first-order valence-corrected chi connectivity index (χ1v) is 3.76. The molecule has 0 fully saturated rings. The van der Waals surface area contributed by atoms with Crippen molar-refractivity contribution < 1.29 is 26.3 Å². The van der Waals surface area contributed by atoms with Crippen molar-refractivity contribution in [3.05, 3.63) is 28.8 Å². The summed E-state index contributed by atoms with van der Waals surface area (Å²) in [5.74, 6) is -2.01. The highest BCUT2D eigenvalue weighted by Gasteiger charge is 2.37. The Morgan fingerprint density at radius 3 is 2.20 bits per heavy atom. The van der Waals surface area contributed by atoms with E-state index in [1.165, 1.54) is 0 Å². The van der Waals surface area contributed by atoms with Crippen molar-refractivity contribution in [3.63, 3.8) is 0 Å². The van der Waals surface area contributed by atoms with Crippen LogP contribution in [0.2, 0.25) is 0 Å². The Bertz CT molecular complexity index is 370. The van der Waals surface area contributed by atoms with Crippen LogP contribution in [-0.4, -0.2) is 4.98 Å². The van der Waals surface area contributed by atoms with Gasteiger partial charge in [0.05, 0.1) is 5.56 Å². The quantitative estimate of drug-likeness (QED) is 0.671. The maximum Gasteiger partial charge on any atom is 0.419 e. The predicted octanol–water partition coefficient (Wildman–Crippen LogP) is 3.49. The third kappa shape index (κ3) is 2.40. The van der Waals surface area contributed by atoms with Gasteiger partial charge in [0.25, 0.3) is 6.43 Å². The van der Waals surface area contributed by atoms with Crippen molar-refractivity contribution in [1.29, 1.82) is 0 Å². The molecule has 0 saturated heterocycles. The van der Waals surface area contributed by atoms with Gasteiger partial charge >= 0.3 is 6.18 Å². The smallest absolute Gasteiger partial charge is 0.249 e. The van der Waals surface area contributed by atoms with Crippen LogP contribution in [0.1, 0.15) is 23.4 Å². The van der Waals surface area contributed by atoms with Gasteiger partial charge < -0.3 is 0 Å². The number of alkyl halides is 5. The molecule has 1 heterocycles. The summed E-state index contributed by atoms with van der Waals surface area (Å²) in [4.78, 5) is 3.02. The molecule has 0 aliphatic carbocycles. The Hall–Kier alpha value is -1.27. The lowest BCUT2D eigenvalue weighted by molar-refractivity contribution is -0.140. The van der Waals surface area contributed by atoms with E-state index in [4.69, 9.17) is 0 Å². The Morgan fingerprint density at radius 2 is 1.80 bits per heavy atom. The summed E-state index contributed by atoms with van der Waals surface area (Å²) in [6.07, 6.45) is -8.37. The fourth-order valence-corrected chi connectivity index (χ4v) is 1.03. The molecule has 15 heavy (non-hydrogen) atoms. The highest BCUT2D eigenvalue weighted by molar-refractivity contribution is 5.26. The van der Waals surface area contributed by atoms with Gasteiger partial charge in [-0.05, 0) is 13.0 Å². The predicted molar refractivity (Wildman–Crippen MR) is 38.9 cm³/mol. The summed E-state index contributed by atoms with van der Waals surface area (Å²) in [5.41, 5.74) is -3.49. The third-order valence-electron chi connectivity index (χ3n) is 1.62. The van der Waals surface area contributed by atoms with Crippen LogP contribution in [0.25, 0.3) is 0 Å². The number of rotatable bonds is 1. The minimum Gasteiger partial charge on any atom is -0.249 e. The first kappa shape index (κ1) is 11.8. The van der Waals surface area contributed by atoms with Crippen molar-refractivity contribution in [2.45, 2.75) is 19.5 Å².